The zero-order valence-electron chi connectivity index (χ0n) is 8.82. The van der Waals surface area contributed by atoms with Gasteiger partial charge in [-0.25, -0.2) is 4.98 Å². The quantitative estimate of drug-likeness (QED) is 0.863. The molecule has 1 aromatic rings. The Labute approximate surface area is 102 Å². The highest BCUT2D eigenvalue weighted by Crippen LogP contribution is 2.40. The van der Waals surface area contributed by atoms with Gasteiger partial charge >= 0.3 is 12.4 Å². The van der Waals surface area contributed by atoms with Gasteiger partial charge in [0.25, 0.3) is 0 Å². The van der Waals surface area contributed by atoms with E-state index in [0.29, 0.717) is 0 Å². The molecule has 2 nitrogen and oxygen atoms in total. The van der Waals surface area contributed by atoms with E-state index in [1.54, 1.807) is 0 Å². The van der Waals surface area contributed by atoms with E-state index in [1.807, 2.05) is 0 Å². The molecule has 0 aliphatic heterocycles. The number of nitrogens with one attached hydrogen (secondary N) is 1. The first kappa shape index (κ1) is 13.6. The van der Waals surface area contributed by atoms with Gasteiger partial charge in [-0.05, 0) is 12.8 Å². The number of alkyl halides is 6. The van der Waals surface area contributed by atoms with Gasteiger partial charge in [0.15, 0.2) is 10.7 Å². The molecule has 18 heavy (non-hydrogen) atoms. The number of thiazole rings is 1. The van der Waals surface area contributed by atoms with Gasteiger partial charge in [0.1, 0.15) is 0 Å². The van der Waals surface area contributed by atoms with Crippen molar-refractivity contribution in [3.8, 4) is 0 Å². The maximum absolute atomic E-state index is 12.5. The number of nitrogens with zero attached hydrogens (tertiary/aromatic N) is 1. The monoisotopic (exact) mass is 290 g/mol. The highest BCUT2D eigenvalue weighted by atomic mass is 32.1. The second kappa shape index (κ2) is 4.37. The van der Waals surface area contributed by atoms with Crippen molar-refractivity contribution in [1.29, 1.82) is 0 Å². The maximum atomic E-state index is 12.5. The van der Waals surface area contributed by atoms with Crippen molar-refractivity contribution in [2.75, 3.05) is 0 Å². The van der Waals surface area contributed by atoms with E-state index in [-0.39, 0.29) is 23.9 Å². The van der Waals surface area contributed by atoms with Crippen LogP contribution in [0.3, 0.4) is 0 Å². The van der Waals surface area contributed by atoms with Crippen LogP contribution < -0.4 is 5.32 Å². The smallest absolute Gasteiger partial charge is 0.309 e. The van der Waals surface area contributed by atoms with Crippen LogP contribution in [-0.4, -0.2) is 11.0 Å². The van der Waals surface area contributed by atoms with Crippen LogP contribution in [0.2, 0.25) is 0 Å². The lowest BCUT2D eigenvalue weighted by Gasteiger charge is -2.06. The van der Waals surface area contributed by atoms with Crippen LogP contribution in [0.4, 0.5) is 26.3 Å². The molecule has 0 bridgehead atoms. The Bertz CT molecular complexity index is 431. The first-order valence-electron chi connectivity index (χ1n) is 5.05. The fourth-order valence-corrected chi connectivity index (χ4v) is 2.24. The molecule has 1 N–H and O–H groups in total. The molecule has 2 rings (SSSR count). The standard InChI is InChI=1S/C9H8F6N2S/c10-8(11,12)6-5(3-16-4-1-2-4)18-7(17-6)9(13,14)15/h4,16H,1-3H2. The molecule has 0 amide bonds. The average molecular weight is 290 g/mol. The van der Waals surface area contributed by atoms with E-state index in [9.17, 15) is 26.3 Å². The van der Waals surface area contributed by atoms with E-state index in [2.05, 4.69) is 10.3 Å². The molecule has 0 atom stereocenters. The first-order valence-corrected chi connectivity index (χ1v) is 5.87. The van der Waals surface area contributed by atoms with E-state index < -0.39 is 27.9 Å². The van der Waals surface area contributed by atoms with Crippen LogP contribution >= 0.6 is 11.3 Å². The van der Waals surface area contributed by atoms with Gasteiger partial charge in [0, 0.05) is 12.6 Å². The van der Waals surface area contributed by atoms with Crippen LogP contribution in [0.25, 0.3) is 0 Å². The van der Waals surface area contributed by atoms with Crippen LogP contribution in [0.1, 0.15) is 28.4 Å². The summed E-state index contributed by atoms with van der Waals surface area (Å²) in [7, 11) is 0. The van der Waals surface area contributed by atoms with Crippen molar-refractivity contribution in [3.05, 3.63) is 15.6 Å². The number of hydrogen-bond acceptors (Lipinski definition) is 3. The lowest BCUT2D eigenvalue weighted by molar-refractivity contribution is -0.147. The van der Waals surface area contributed by atoms with E-state index in [4.69, 9.17) is 0 Å². The first-order chi connectivity index (χ1) is 8.18. The molecule has 1 heterocycles. The van der Waals surface area contributed by atoms with Crippen molar-refractivity contribution in [1.82, 2.24) is 10.3 Å². The fourth-order valence-electron chi connectivity index (χ4n) is 1.34. The summed E-state index contributed by atoms with van der Waals surface area (Å²) in [5.74, 6) is 0. The minimum atomic E-state index is -4.86. The molecule has 0 spiro atoms. The van der Waals surface area contributed by atoms with Gasteiger partial charge < -0.3 is 5.32 Å². The van der Waals surface area contributed by atoms with Gasteiger partial charge in [-0.3, -0.25) is 0 Å². The molecule has 0 unspecified atom stereocenters. The minimum Gasteiger partial charge on any atom is -0.309 e. The molecule has 0 radical (unpaired) electrons. The van der Waals surface area contributed by atoms with Crippen molar-refractivity contribution in [2.24, 2.45) is 0 Å². The Balaban J connectivity index is 2.26. The molecule has 102 valence electrons. The second-order valence-electron chi connectivity index (χ2n) is 3.94. The highest BCUT2D eigenvalue weighted by molar-refractivity contribution is 7.11. The number of aromatic nitrogens is 1. The van der Waals surface area contributed by atoms with Crippen molar-refractivity contribution < 1.29 is 26.3 Å². The summed E-state index contributed by atoms with van der Waals surface area (Å²) in [6.45, 7) is -0.229. The summed E-state index contributed by atoms with van der Waals surface area (Å²) in [5, 5.41) is 1.30. The molecule has 0 aromatic carbocycles. The fraction of sp³-hybridized carbons (Fsp3) is 0.667. The minimum absolute atomic E-state index is 0.0445. The number of halogens is 6. The van der Waals surface area contributed by atoms with Gasteiger partial charge in [-0.1, -0.05) is 0 Å². The highest BCUT2D eigenvalue weighted by Gasteiger charge is 2.43. The van der Waals surface area contributed by atoms with Gasteiger partial charge in [-0.2, -0.15) is 26.3 Å². The van der Waals surface area contributed by atoms with Crippen molar-refractivity contribution in [2.45, 2.75) is 37.8 Å². The third-order valence-electron chi connectivity index (χ3n) is 2.34. The molecule has 1 aromatic heterocycles. The predicted molar refractivity (Wildman–Crippen MR) is 52.0 cm³/mol. The summed E-state index contributed by atoms with van der Waals surface area (Å²) >= 11 is 0.0445. The average Bonchev–Trinajstić information content (AvgIpc) is 2.89. The normalized spacial score (nSPS) is 17.2. The summed E-state index contributed by atoms with van der Waals surface area (Å²) in [6, 6.07) is 0.113. The molecule has 9 heteroatoms. The van der Waals surface area contributed by atoms with Crippen LogP contribution in [0.5, 0.6) is 0 Å². The molecule has 1 aliphatic carbocycles. The lowest BCUT2D eigenvalue weighted by atomic mass is 10.3. The summed E-state index contributed by atoms with van der Waals surface area (Å²) in [6.07, 6.45) is -8.03. The lowest BCUT2D eigenvalue weighted by Crippen LogP contribution is -2.18. The molecule has 1 aliphatic rings. The molecule has 0 saturated heterocycles. The Morgan fingerprint density at radius 1 is 1.11 bits per heavy atom. The number of rotatable bonds is 3. The van der Waals surface area contributed by atoms with Gasteiger partial charge in [-0.15, -0.1) is 11.3 Å². The van der Waals surface area contributed by atoms with Crippen molar-refractivity contribution in [3.63, 3.8) is 0 Å². The van der Waals surface area contributed by atoms with E-state index in [0.717, 1.165) is 12.8 Å². The predicted octanol–water partition coefficient (Wildman–Crippen LogP) is 3.43. The molecular formula is C9H8F6N2S. The molecular weight excluding hydrogens is 282 g/mol. The van der Waals surface area contributed by atoms with E-state index >= 15 is 0 Å². The third kappa shape index (κ3) is 3.14. The van der Waals surface area contributed by atoms with Gasteiger partial charge in [0.2, 0.25) is 0 Å². The SMILES string of the molecule is FC(F)(F)c1nc(C(F)(F)F)c(CNC2CC2)s1. The van der Waals surface area contributed by atoms with E-state index in [1.165, 1.54) is 0 Å². The van der Waals surface area contributed by atoms with Gasteiger partial charge in [0.05, 0.1) is 4.88 Å². The zero-order valence-corrected chi connectivity index (χ0v) is 9.64. The zero-order chi connectivity index (χ0) is 13.6. The van der Waals surface area contributed by atoms with Crippen LogP contribution in [0.15, 0.2) is 0 Å². The summed E-state index contributed by atoms with van der Waals surface area (Å²) < 4.78 is 74.6. The number of hydrogen-bond donors (Lipinski definition) is 1. The Morgan fingerprint density at radius 2 is 1.72 bits per heavy atom. The third-order valence-corrected chi connectivity index (χ3v) is 3.44. The Morgan fingerprint density at radius 3 is 2.17 bits per heavy atom. The largest absolute Gasteiger partial charge is 0.443 e. The molecule has 1 fully saturated rings. The van der Waals surface area contributed by atoms with Crippen molar-refractivity contribution >= 4 is 11.3 Å². The maximum Gasteiger partial charge on any atom is 0.443 e. The summed E-state index contributed by atoms with van der Waals surface area (Å²) in [5.41, 5.74) is -1.44. The van der Waals surface area contributed by atoms with Crippen LogP contribution in [0, 0.1) is 0 Å². The van der Waals surface area contributed by atoms with Crippen LogP contribution in [-0.2, 0) is 18.9 Å². The Hall–Kier alpha value is -0.830. The Kier molecular flexibility index (Phi) is 3.30. The topological polar surface area (TPSA) is 24.9 Å². The molecule has 1 saturated carbocycles. The second-order valence-corrected chi connectivity index (χ2v) is 5.03. The summed E-state index contributed by atoms with van der Waals surface area (Å²) in [4.78, 5) is 2.26.